The maximum absolute atomic E-state index is 12.5. The quantitative estimate of drug-likeness (QED) is 0.143. The zero-order valence-corrected chi connectivity index (χ0v) is 18.8. The molecule has 5 N–H and O–H groups in total. The number of hydrogen-bond donors (Lipinski definition) is 4. The van der Waals surface area contributed by atoms with Crippen LogP contribution in [0, 0.1) is 0 Å². The smallest absolute Gasteiger partial charge is 0.242 e. The zero-order valence-electron chi connectivity index (χ0n) is 18.0. The van der Waals surface area contributed by atoms with Crippen LogP contribution in [0.15, 0.2) is 40.2 Å². The summed E-state index contributed by atoms with van der Waals surface area (Å²) in [6.45, 7) is 5.20. The number of amidine groups is 1. The van der Waals surface area contributed by atoms with Crippen LogP contribution >= 0.6 is 0 Å². The molecular formula is C20H31N5O5S. The first-order chi connectivity index (χ1) is 14.6. The largest absolute Gasteiger partial charge is 0.388 e. The number of nitrogens with one attached hydrogen (secondary N) is 3. The molecule has 1 aromatic rings. The number of carbonyl (C=O) groups is 3. The fraction of sp³-hybridized carbons (Fsp3) is 0.500. The highest BCUT2D eigenvalue weighted by atomic mass is 32.2. The highest BCUT2D eigenvalue weighted by Crippen LogP contribution is 2.09. The summed E-state index contributed by atoms with van der Waals surface area (Å²) in [5.74, 6) is -0.749. The van der Waals surface area contributed by atoms with Crippen molar-refractivity contribution in [1.29, 1.82) is 0 Å². The molecule has 1 rings (SSSR count). The van der Waals surface area contributed by atoms with E-state index in [2.05, 4.69) is 20.3 Å². The van der Waals surface area contributed by atoms with E-state index in [9.17, 15) is 22.8 Å². The predicted molar refractivity (Wildman–Crippen MR) is 118 cm³/mol. The summed E-state index contributed by atoms with van der Waals surface area (Å²) >= 11 is 0. The first-order valence-corrected chi connectivity index (χ1v) is 11.5. The Hall–Kier alpha value is -2.79. The number of aliphatic imine (C=N–C) groups is 1. The summed E-state index contributed by atoms with van der Waals surface area (Å²) in [5.41, 5.74) is 5.44. The van der Waals surface area contributed by atoms with Gasteiger partial charge in [0.25, 0.3) is 0 Å². The number of rotatable bonds is 13. The third-order valence-corrected chi connectivity index (χ3v) is 5.84. The number of nitrogens with zero attached hydrogens (tertiary/aromatic N) is 1. The normalized spacial score (nSPS) is 14.9. The molecule has 0 aliphatic heterocycles. The maximum atomic E-state index is 12.5. The van der Waals surface area contributed by atoms with E-state index in [0.29, 0.717) is 31.5 Å². The number of sulfonamides is 1. The van der Waals surface area contributed by atoms with Gasteiger partial charge in [-0.1, -0.05) is 25.1 Å². The summed E-state index contributed by atoms with van der Waals surface area (Å²) in [6, 6.07) is 4.94. The second-order valence-electron chi connectivity index (χ2n) is 7.04. The standard InChI is InChI=1S/C20H31N5O5S/c1-4-18(25-31(29,30)17-10-6-5-7-11-17)20(28)23-14(2)19(27)24-16(13-26)9-8-12-22-15(3)21/h5-7,10-11,13-14,16,18,25H,4,8-9,12H2,1-3H3,(H2,21,22)(H,23,28)(H,24,27)/t14-,16-,18+/m0/s1. The molecule has 2 amide bonds. The van der Waals surface area contributed by atoms with Crippen LogP contribution in [0.3, 0.4) is 0 Å². The van der Waals surface area contributed by atoms with Crippen LogP contribution < -0.4 is 21.1 Å². The lowest BCUT2D eigenvalue weighted by molar-refractivity contribution is -0.130. The third-order valence-electron chi connectivity index (χ3n) is 4.35. The monoisotopic (exact) mass is 453 g/mol. The number of benzene rings is 1. The molecule has 0 aliphatic rings. The van der Waals surface area contributed by atoms with Crippen molar-refractivity contribution in [1.82, 2.24) is 15.4 Å². The first-order valence-electron chi connectivity index (χ1n) is 10.0. The Labute approximate surface area is 183 Å². The Morgan fingerprint density at radius 3 is 2.35 bits per heavy atom. The van der Waals surface area contributed by atoms with Crippen molar-refractivity contribution in [3.8, 4) is 0 Å². The molecule has 0 fully saturated rings. The van der Waals surface area contributed by atoms with Crippen molar-refractivity contribution in [3.63, 3.8) is 0 Å². The molecule has 0 spiro atoms. The van der Waals surface area contributed by atoms with E-state index in [1.807, 2.05) is 0 Å². The Balaban J connectivity index is 2.64. The molecule has 0 heterocycles. The van der Waals surface area contributed by atoms with E-state index in [4.69, 9.17) is 5.73 Å². The van der Waals surface area contributed by atoms with Crippen molar-refractivity contribution < 1.29 is 22.8 Å². The van der Waals surface area contributed by atoms with Gasteiger partial charge in [0, 0.05) is 6.54 Å². The van der Waals surface area contributed by atoms with Crippen LogP contribution in [0.2, 0.25) is 0 Å². The molecule has 10 nitrogen and oxygen atoms in total. The van der Waals surface area contributed by atoms with Crippen molar-refractivity contribution in [2.75, 3.05) is 6.54 Å². The van der Waals surface area contributed by atoms with Gasteiger partial charge in [-0.2, -0.15) is 4.72 Å². The Morgan fingerprint density at radius 2 is 1.81 bits per heavy atom. The molecule has 0 saturated carbocycles. The van der Waals surface area contributed by atoms with Gasteiger partial charge in [0.15, 0.2) is 0 Å². The van der Waals surface area contributed by atoms with E-state index in [1.54, 1.807) is 32.0 Å². The maximum Gasteiger partial charge on any atom is 0.242 e. The summed E-state index contributed by atoms with van der Waals surface area (Å²) < 4.78 is 27.3. The summed E-state index contributed by atoms with van der Waals surface area (Å²) in [7, 11) is -3.89. The second kappa shape index (κ2) is 12.8. The molecule has 11 heteroatoms. The Morgan fingerprint density at radius 1 is 1.16 bits per heavy atom. The van der Waals surface area contributed by atoms with Gasteiger partial charge in [-0.3, -0.25) is 14.6 Å². The second-order valence-corrected chi connectivity index (χ2v) is 8.76. The number of amides is 2. The summed E-state index contributed by atoms with van der Waals surface area (Å²) in [4.78, 5) is 40.1. The van der Waals surface area contributed by atoms with Gasteiger partial charge in [-0.05, 0) is 45.2 Å². The topological polar surface area (TPSA) is 160 Å². The average Bonchev–Trinajstić information content (AvgIpc) is 2.74. The number of hydrogen-bond acceptors (Lipinski definition) is 6. The molecule has 172 valence electrons. The minimum atomic E-state index is -3.89. The van der Waals surface area contributed by atoms with Crippen LogP contribution in [-0.2, 0) is 24.4 Å². The molecule has 0 radical (unpaired) electrons. The molecule has 3 atom stereocenters. The lowest BCUT2D eigenvalue weighted by atomic mass is 10.1. The van der Waals surface area contributed by atoms with Gasteiger partial charge in [0.1, 0.15) is 18.4 Å². The van der Waals surface area contributed by atoms with Gasteiger partial charge in [-0.25, -0.2) is 8.42 Å². The minimum Gasteiger partial charge on any atom is -0.388 e. The van der Waals surface area contributed by atoms with Crippen LogP contribution in [0.25, 0.3) is 0 Å². The molecule has 0 saturated heterocycles. The van der Waals surface area contributed by atoms with Gasteiger partial charge >= 0.3 is 0 Å². The molecule has 0 unspecified atom stereocenters. The molecule has 0 aromatic heterocycles. The number of nitrogens with two attached hydrogens (primary N) is 1. The number of carbonyl (C=O) groups excluding carboxylic acids is 3. The van der Waals surface area contributed by atoms with Crippen LogP contribution in [0.5, 0.6) is 0 Å². The molecular weight excluding hydrogens is 422 g/mol. The Kier molecular flexibility index (Phi) is 10.8. The highest BCUT2D eigenvalue weighted by molar-refractivity contribution is 7.89. The van der Waals surface area contributed by atoms with Crippen molar-refractivity contribution in [3.05, 3.63) is 30.3 Å². The minimum absolute atomic E-state index is 0.0371. The van der Waals surface area contributed by atoms with E-state index >= 15 is 0 Å². The van der Waals surface area contributed by atoms with Gasteiger partial charge in [0.05, 0.1) is 16.8 Å². The predicted octanol–water partition coefficient (Wildman–Crippen LogP) is 0.0892. The Bertz CT molecular complexity index is 869. The van der Waals surface area contributed by atoms with E-state index in [1.165, 1.54) is 19.1 Å². The third kappa shape index (κ3) is 9.26. The average molecular weight is 454 g/mol. The molecule has 1 aromatic carbocycles. The molecule has 0 aliphatic carbocycles. The highest BCUT2D eigenvalue weighted by Gasteiger charge is 2.27. The fourth-order valence-electron chi connectivity index (χ4n) is 2.61. The van der Waals surface area contributed by atoms with Crippen molar-refractivity contribution in [2.45, 2.75) is 63.1 Å². The molecule has 31 heavy (non-hydrogen) atoms. The summed E-state index contributed by atoms with van der Waals surface area (Å²) in [5, 5.41) is 5.04. The lowest BCUT2D eigenvalue weighted by Crippen LogP contribution is -2.53. The first kappa shape index (κ1) is 26.2. The molecule has 0 bridgehead atoms. The van der Waals surface area contributed by atoms with Gasteiger partial charge in [0.2, 0.25) is 21.8 Å². The fourth-order valence-corrected chi connectivity index (χ4v) is 3.91. The lowest BCUT2D eigenvalue weighted by Gasteiger charge is -2.21. The van der Waals surface area contributed by atoms with Crippen LogP contribution in [0.1, 0.15) is 40.0 Å². The zero-order chi connectivity index (χ0) is 23.4. The SMILES string of the molecule is CC[C@@H](NS(=O)(=O)c1ccccc1)C(=O)N[C@@H](C)C(=O)N[C@H](C=O)CCCN=C(C)N. The number of aldehydes is 1. The van der Waals surface area contributed by atoms with Crippen LogP contribution in [0.4, 0.5) is 0 Å². The van der Waals surface area contributed by atoms with E-state index < -0.39 is 40.0 Å². The summed E-state index contributed by atoms with van der Waals surface area (Å²) in [6.07, 6.45) is 1.73. The van der Waals surface area contributed by atoms with E-state index in [-0.39, 0.29) is 11.3 Å². The van der Waals surface area contributed by atoms with Crippen molar-refractivity contribution >= 4 is 34.0 Å². The van der Waals surface area contributed by atoms with Gasteiger partial charge in [-0.15, -0.1) is 0 Å². The van der Waals surface area contributed by atoms with Crippen LogP contribution in [-0.4, -0.2) is 57.0 Å². The van der Waals surface area contributed by atoms with E-state index in [0.717, 1.165) is 0 Å². The van der Waals surface area contributed by atoms with Gasteiger partial charge < -0.3 is 21.2 Å². The van der Waals surface area contributed by atoms with Crippen molar-refractivity contribution in [2.24, 2.45) is 10.7 Å².